The normalized spacial score (nSPS) is 28.9. The van der Waals surface area contributed by atoms with Crippen molar-refractivity contribution in [3.8, 4) is 5.75 Å². The number of aryl methyl sites for hydroxylation is 2. The van der Waals surface area contributed by atoms with E-state index in [4.69, 9.17) is 4.74 Å². The van der Waals surface area contributed by atoms with Gasteiger partial charge in [0.2, 0.25) is 5.82 Å². The topological polar surface area (TPSA) is 9.23 Å². The second kappa shape index (κ2) is 14.1. The number of benzene rings is 2. The van der Waals surface area contributed by atoms with Crippen LogP contribution >= 0.6 is 0 Å². The Kier molecular flexibility index (Phi) is 10.4. The molecule has 0 aromatic heterocycles. The number of fused-ring (bicyclic) bond motifs is 1. The molecule has 3 saturated carbocycles. The van der Waals surface area contributed by atoms with Gasteiger partial charge in [-0.1, -0.05) is 55.8 Å². The third-order valence-electron chi connectivity index (χ3n) is 10.6. The summed E-state index contributed by atoms with van der Waals surface area (Å²) in [4.78, 5) is 0. The van der Waals surface area contributed by atoms with Crippen LogP contribution in [0.25, 0.3) is 0 Å². The largest absolute Gasteiger partial charge is 0.490 e. The van der Waals surface area contributed by atoms with E-state index in [-0.39, 0.29) is 5.75 Å². The van der Waals surface area contributed by atoms with E-state index in [0.29, 0.717) is 30.9 Å². The zero-order valence-electron chi connectivity index (χ0n) is 24.9. The van der Waals surface area contributed by atoms with Crippen LogP contribution < -0.4 is 4.74 Å². The molecule has 40 heavy (non-hydrogen) atoms. The molecule has 4 unspecified atom stereocenters. The average molecular weight is 549 g/mol. The van der Waals surface area contributed by atoms with Crippen molar-refractivity contribution in [3.63, 3.8) is 0 Å². The first-order chi connectivity index (χ1) is 19.6. The number of allylic oxidation sites excluding steroid dienone is 2. The van der Waals surface area contributed by atoms with E-state index in [0.717, 1.165) is 42.4 Å². The summed E-state index contributed by atoms with van der Waals surface area (Å²) in [5.41, 5.74) is 3.48. The molecule has 0 radical (unpaired) electrons. The minimum atomic E-state index is -0.827. The maximum atomic E-state index is 14.6. The minimum absolute atomic E-state index is 0.0697. The number of ether oxygens (including phenoxy) is 1. The van der Waals surface area contributed by atoms with Crippen molar-refractivity contribution in [1.82, 2.24) is 0 Å². The van der Waals surface area contributed by atoms with Gasteiger partial charge in [0, 0.05) is 0 Å². The van der Waals surface area contributed by atoms with Crippen molar-refractivity contribution in [2.45, 2.75) is 110 Å². The van der Waals surface area contributed by atoms with Crippen LogP contribution in [0.5, 0.6) is 5.75 Å². The summed E-state index contributed by atoms with van der Waals surface area (Å²) in [7, 11) is 0. The first-order valence-electron chi connectivity index (χ1n) is 16.3. The molecule has 3 aliphatic carbocycles. The van der Waals surface area contributed by atoms with Crippen LogP contribution in [0.3, 0.4) is 0 Å². The highest BCUT2D eigenvalue weighted by Crippen LogP contribution is 2.51. The van der Waals surface area contributed by atoms with E-state index in [9.17, 15) is 8.78 Å². The summed E-state index contributed by atoms with van der Waals surface area (Å²) in [5, 5.41) is 0. The molecule has 3 aliphatic rings. The van der Waals surface area contributed by atoms with Crippen LogP contribution in [0.1, 0.15) is 114 Å². The van der Waals surface area contributed by atoms with Crippen molar-refractivity contribution in [1.29, 1.82) is 0 Å². The molecule has 0 aliphatic heterocycles. The lowest BCUT2D eigenvalue weighted by Crippen LogP contribution is -2.34. The first-order valence-corrected chi connectivity index (χ1v) is 16.3. The Morgan fingerprint density at radius 1 is 0.750 bits per heavy atom. The fourth-order valence-corrected chi connectivity index (χ4v) is 8.22. The lowest BCUT2D eigenvalue weighted by atomic mass is 9.60. The SMILES string of the molecule is C/C=C/CCc1ccc(OCC2CCC(C3CCC4CC(c5ccc(CCC)cc5)CCC4C3)CC2)c(F)c1F. The Morgan fingerprint density at radius 2 is 1.43 bits per heavy atom. The molecule has 3 fully saturated rings. The quantitative estimate of drug-likeness (QED) is 0.268. The number of hydrogen-bond acceptors (Lipinski definition) is 1. The Morgan fingerprint density at radius 3 is 2.15 bits per heavy atom. The van der Waals surface area contributed by atoms with Crippen LogP contribution in [0.2, 0.25) is 0 Å². The van der Waals surface area contributed by atoms with Crippen molar-refractivity contribution < 1.29 is 13.5 Å². The second-order valence-electron chi connectivity index (χ2n) is 13.1. The highest BCUT2D eigenvalue weighted by atomic mass is 19.2. The van der Waals surface area contributed by atoms with Gasteiger partial charge in [-0.2, -0.15) is 4.39 Å². The Labute approximate surface area is 241 Å². The van der Waals surface area contributed by atoms with Gasteiger partial charge in [-0.15, -0.1) is 0 Å². The molecule has 1 nitrogen and oxygen atoms in total. The molecule has 4 atom stereocenters. The summed E-state index contributed by atoms with van der Waals surface area (Å²) < 4.78 is 34.9. The number of halogens is 2. The molecular formula is C37H50F2O. The molecular weight excluding hydrogens is 498 g/mol. The highest BCUT2D eigenvalue weighted by Gasteiger charge is 2.39. The summed E-state index contributed by atoms with van der Waals surface area (Å²) in [6, 6.07) is 12.8. The number of rotatable bonds is 10. The fourth-order valence-electron chi connectivity index (χ4n) is 8.22. The van der Waals surface area contributed by atoms with Crippen LogP contribution in [0.4, 0.5) is 8.78 Å². The molecule has 0 bridgehead atoms. The molecule has 0 heterocycles. The van der Waals surface area contributed by atoms with Gasteiger partial charge in [0.25, 0.3) is 0 Å². The lowest BCUT2D eigenvalue weighted by Gasteiger charge is -2.45. The third kappa shape index (κ3) is 7.18. The van der Waals surface area contributed by atoms with Crippen molar-refractivity contribution in [2.75, 3.05) is 6.61 Å². The summed E-state index contributed by atoms with van der Waals surface area (Å²) in [6.07, 6.45) is 20.8. The summed E-state index contributed by atoms with van der Waals surface area (Å²) in [6.45, 7) is 4.69. The van der Waals surface area contributed by atoms with Crippen LogP contribution in [0, 0.1) is 41.2 Å². The molecule has 2 aromatic rings. The molecule has 5 rings (SSSR count). The van der Waals surface area contributed by atoms with Gasteiger partial charge in [0.05, 0.1) is 6.61 Å². The third-order valence-corrected chi connectivity index (χ3v) is 10.6. The predicted molar refractivity (Wildman–Crippen MR) is 162 cm³/mol. The smallest absolute Gasteiger partial charge is 0.200 e. The number of hydrogen-bond donors (Lipinski definition) is 0. The zero-order chi connectivity index (χ0) is 27.9. The van der Waals surface area contributed by atoms with Crippen LogP contribution in [0.15, 0.2) is 48.6 Å². The molecule has 0 saturated heterocycles. The first kappa shape index (κ1) is 29.3. The molecule has 2 aromatic carbocycles. The van der Waals surface area contributed by atoms with E-state index >= 15 is 0 Å². The maximum Gasteiger partial charge on any atom is 0.200 e. The Balaban J connectivity index is 1.05. The van der Waals surface area contributed by atoms with E-state index < -0.39 is 11.6 Å². The summed E-state index contributed by atoms with van der Waals surface area (Å²) in [5.74, 6) is 3.27. The van der Waals surface area contributed by atoms with E-state index in [1.165, 1.54) is 69.8 Å². The predicted octanol–water partition coefficient (Wildman–Crippen LogP) is 10.6. The standard InChI is InChI=1S/C37H50F2O/c1-3-5-6-8-30-21-22-35(37(39)36(30)38)40-25-27-11-15-29(16-12-27)32-18-20-33-23-31(17-19-34(33)24-32)28-13-9-26(7-4-2)10-14-28/h3,5,9-10,13-14,21-22,27,29,31-34H,4,6-8,11-12,15-20,23-25H2,1-2H3/b5-3+. The average Bonchev–Trinajstić information content (AvgIpc) is 2.99. The second-order valence-corrected chi connectivity index (χ2v) is 13.1. The summed E-state index contributed by atoms with van der Waals surface area (Å²) >= 11 is 0. The Bertz CT molecular complexity index is 1100. The van der Waals surface area contributed by atoms with Gasteiger partial charge >= 0.3 is 0 Å². The monoisotopic (exact) mass is 548 g/mol. The van der Waals surface area contributed by atoms with E-state index in [1.54, 1.807) is 17.7 Å². The van der Waals surface area contributed by atoms with Gasteiger partial charge in [-0.05, 0) is 149 Å². The van der Waals surface area contributed by atoms with Crippen molar-refractivity contribution in [2.24, 2.45) is 29.6 Å². The minimum Gasteiger partial charge on any atom is -0.490 e. The molecule has 0 amide bonds. The van der Waals surface area contributed by atoms with Gasteiger partial charge in [-0.3, -0.25) is 0 Å². The van der Waals surface area contributed by atoms with Gasteiger partial charge in [0.15, 0.2) is 11.6 Å². The van der Waals surface area contributed by atoms with Crippen LogP contribution in [-0.4, -0.2) is 6.61 Å². The Hall–Kier alpha value is -2.16. The van der Waals surface area contributed by atoms with Crippen molar-refractivity contribution >= 4 is 0 Å². The van der Waals surface area contributed by atoms with Gasteiger partial charge in [-0.25, -0.2) is 4.39 Å². The molecule has 218 valence electrons. The van der Waals surface area contributed by atoms with E-state index in [2.05, 4.69) is 31.2 Å². The van der Waals surface area contributed by atoms with Crippen molar-refractivity contribution in [3.05, 3.63) is 76.9 Å². The lowest BCUT2D eigenvalue weighted by molar-refractivity contribution is 0.0663. The van der Waals surface area contributed by atoms with Gasteiger partial charge in [0.1, 0.15) is 0 Å². The molecule has 0 spiro atoms. The van der Waals surface area contributed by atoms with Gasteiger partial charge < -0.3 is 4.74 Å². The highest BCUT2D eigenvalue weighted by molar-refractivity contribution is 5.31. The van der Waals surface area contributed by atoms with E-state index in [1.807, 2.05) is 19.1 Å². The van der Waals surface area contributed by atoms with Crippen LogP contribution in [-0.2, 0) is 12.8 Å². The molecule has 0 N–H and O–H groups in total. The fraction of sp³-hybridized carbons (Fsp3) is 0.622. The maximum absolute atomic E-state index is 14.6. The molecule has 3 heteroatoms. The zero-order valence-corrected chi connectivity index (χ0v) is 24.9.